The van der Waals surface area contributed by atoms with Crippen LogP contribution >= 0.6 is 10.8 Å². The Morgan fingerprint density at radius 2 is 1.83 bits per heavy atom. The van der Waals surface area contributed by atoms with Gasteiger partial charge in [0.2, 0.25) is 8.87 Å². The van der Waals surface area contributed by atoms with Gasteiger partial charge in [0.25, 0.3) is 0 Å². The topological polar surface area (TPSA) is 34.1 Å². The zero-order valence-corrected chi connectivity index (χ0v) is 9.25. The molecule has 0 spiro atoms. The molecule has 0 heterocycles. The van der Waals surface area contributed by atoms with Crippen LogP contribution in [0.4, 0.5) is 0 Å². The van der Waals surface area contributed by atoms with Crippen molar-refractivity contribution in [1.82, 2.24) is 0 Å². The zero-order valence-electron chi connectivity index (χ0n) is 7.62. The number of rotatable bonds is 2. The second-order valence-electron chi connectivity index (χ2n) is 3.46. The molecule has 0 aromatic heterocycles. The van der Waals surface area contributed by atoms with E-state index in [2.05, 4.69) is 6.92 Å². The second kappa shape index (κ2) is 4.01. The van der Waals surface area contributed by atoms with Crippen LogP contribution in [0.15, 0.2) is 0 Å². The van der Waals surface area contributed by atoms with Gasteiger partial charge in [0.05, 0.1) is 5.25 Å². The summed E-state index contributed by atoms with van der Waals surface area (Å²) in [6, 6.07) is 0. The van der Waals surface area contributed by atoms with Crippen molar-refractivity contribution in [2.75, 3.05) is 6.26 Å². The molecule has 1 rings (SSSR count). The molecule has 72 valence electrons. The molecule has 2 unspecified atom stereocenters. The summed E-state index contributed by atoms with van der Waals surface area (Å²) in [6.45, 7) is 2.05. The van der Waals surface area contributed by atoms with Crippen LogP contribution in [0.25, 0.3) is 0 Å². The van der Waals surface area contributed by atoms with Gasteiger partial charge in [-0.3, -0.25) is 0 Å². The van der Waals surface area contributed by atoms with Gasteiger partial charge in [0.1, 0.15) is 0 Å². The molecule has 0 N–H and O–H groups in total. The third kappa shape index (κ3) is 2.16. The van der Waals surface area contributed by atoms with E-state index < -0.39 is 8.87 Å². The average Bonchev–Trinajstić information content (AvgIpc) is 2.05. The van der Waals surface area contributed by atoms with Crippen LogP contribution < -0.4 is 0 Å². The Labute approximate surface area is 78.4 Å². The molecule has 12 heavy (non-hydrogen) atoms. The molecule has 1 fully saturated rings. The van der Waals surface area contributed by atoms with Gasteiger partial charge < -0.3 is 0 Å². The highest BCUT2D eigenvalue weighted by Crippen LogP contribution is 2.33. The number of hydrogen-bond acceptors (Lipinski definition) is 3. The minimum absolute atomic E-state index is 0.0822. The van der Waals surface area contributed by atoms with Crippen molar-refractivity contribution in [3.8, 4) is 0 Å². The molecule has 1 aliphatic rings. The summed E-state index contributed by atoms with van der Waals surface area (Å²) in [4.78, 5) is 0. The lowest BCUT2D eigenvalue weighted by molar-refractivity contribution is 0.384. The highest BCUT2D eigenvalue weighted by atomic mass is 33.1. The molecule has 0 saturated heterocycles. The van der Waals surface area contributed by atoms with E-state index in [1.165, 1.54) is 6.42 Å². The molecule has 0 amide bonds. The first-order valence-corrected chi connectivity index (χ1v) is 7.66. The Balaban J connectivity index is 2.72. The highest BCUT2D eigenvalue weighted by Gasteiger charge is 2.31. The van der Waals surface area contributed by atoms with E-state index in [9.17, 15) is 8.42 Å². The van der Waals surface area contributed by atoms with Gasteiger partial charge in [-0.1, -0.05) is 19.8 Å². The maximum Gasteiger partial charge on any atom is 0.204 e. The summed E-state index contributed by atoms with van der Waals surface area (Å²) in [7, 11) is -1.84. The maximum absolute atomic E-state index is 11.5. The van der Waals surface area contributed by atoms with Crippen LogP contribution in [0, 0.1) is 5.92 Å². The fourth-order valence-electron chi connectivity index (χ4n) is 1.83. The van der Waals surface area contributed by atoms with E-state index in [1.807, 2.05) is 0 Å². The van der Waals surface area contributed by atoms with Crippen LogP contribution in [-0.2, 0) is 8.87 Å². The van der Waals surface area contributed by atoms with Crippen LogP contribution in [0.3, 0.4) is 0 Å². The maximum atomic E-state index is 11.5. The molecule has 0 radical (unpaired) electrons. The van der Waals surface area contributed by atoms with Crippen molar-refractivity contribution in [1.29, 1.82) is 0 Å². The Morgan fingerprint density at radius 3 is 2.33 bits per heavy atom. The predicted molar refractivity (Wildman–Crippen MR) is 53.9 cm³/mol. The minimum Gasteiger partial charge on any atom is -0.217 e. The van der Waals surface area contributed by atoms with Gasteiger partial charge in [-0.05, 0) is 35.8 Å². The van der Waals surface area contributed by atoms with Crippen LogP contribution in [-0.4, -0.2) is 19.9 Å². The van der Waals surface area contributed by atoms with Crippen molar-refractivity contribution in [3.05, 3.63) is 0 Å². The van der Waals surface area contributed by atoms with E-state index in [1.54, 1.807) is 6.26 Å². The quantitative estimate of drug-likeness (QED) is 0.653. The SMILES string of the molecule is CSS(=O)(=O)C1CCCCC1C. The lowest BCUT2D eigenvalue weighted by atomic mass is 9.90. The normalized spacial score (nSPS) is 31.8. The van der Waals surface area contributed by atoms with Crippen LogP contribution in [0.2, 0.25) is 0 Å². The molecule has 4 heteroatoms. The molecule has 0 aromatic carbocycles. The summed E-state index contributed by atoms with van der Waals surface area (Å²) >= 11 is 0. The molecule has 0 aromatic rings. The monoisotopic (exact) mass is 208 g/mol. The van der Waals surface area contributed by atoms with E-state index in [-0.39, 0.29) is 5.25 Å². The predicted octanol–water partition coefficient (Wildman–Crippen LogP) is 2.26. The fourth-order valence-corrected chi connectivity index (χ4v) is 4.84. The number of hydrogen-bond donors (Lipinski definition) is 0. The Hall–Kier alpha value is 0.300. The summed E-state index contributed by atoms with van der Waals surface area (Å²) in [6.07, 6.45) is 5.88. The Kier molecular flexibility index (Phi) is 3.47. The summed E-state index contributed by atoms with van der Waals surface area (Å²) in [5, 5.41) is -0.0822. The van der Waals surface area contributed by atoms with Gasteiger partial charge in [0, 0.05) is 0 Å². The van der Waals surface area contributed by atoms with Gasteiger partial charge in [0.15, 0.2) is 0 Å². The molecule has 1 saturated carbocycles. The van der Waals surface area contributed by atoms with Crippen molar-refractivity contribution in [2.24, 2.45) is 5.92 Å². The first kappa shape index (κ1) is 10.4. The smallest absolute Gasteiger partial charge is 0.204 e. The zero-order chi connectivity index (χ0) is 9.19. The highest BCUT2D eigenvalue weighted by molar-refractivity contribution is 8.72. The second-order valence-corrected chi connectivity index (χ2v) is 7.78. The van der Waals surface area contributed by atoms with Crippen molar-refractivity contribution < 1.29 is 8.42 Å². The third-order valence-corrected chi connectivity index (χ3v) is 6.68. The van der Waals surface area contributed by atoms with Gasteiger partial charge in [-0.25, -0.2) is 8.42 Å². The van der Waals surface area contributed by atoms with E-state index in [0.717, 1.165) is 30.1 Å². The van der Waals surface area contributed by atoms with Gasteiger partial charge in [-0.15, -0.1) is 0 Å². The molecule has 0 bridgehead atoms. The molecular weight excluding hydrogens is 192 g/mol. The molecule has 2 atom stereocenters. The van der Waals surface area contributed by atoms with Crippen LogP contribution in [0.5, 0.6) is 0 Å². The minimum atomic E-state index is -2.85. The summed E-state index contributed by atoms with van der Waals surface area (Å²) in [5.41, 5.74) is 0. The van der Waals surface area contributed by atoms with Gasteiger partial charge >= 0.3 is 0 Å². The van der Waals surface area contributed by atoms with Crippen molar-refractivity contribution in [3.63, 3.8) is 0 Å². The largest absolute Gasteiger partial charge is 0.217 e. The van der Waals surface area contributed by atoms with Crippen molar-refractivity contribution in [2.45, 2.75) is 37.9 Å². The molecule has 2 nitrogen and oxygen atoms in total. The standard InChI is InChI=1S/C8H16O2S2/c1-7-5-3-4-6-8(7)12(9,10)11-2/h7-8H,3-6H2,1-2H3. The molecule has 1 aliphatic carbocycles. The first-order chi connectivity index (χ1) is 5.58. The van der Waals surface area contributed by atoms with E-state index >= 15 is 0 Å². The summed E-state index contributed by atoms with van der Waals surface area (Å²) in [5.74, 6) is 0.358. The fraction of sp³-hybridized carbons (Fsp3) is 1.00. The lowest BCUT2D eigenvalue weighted by Crippen LogP contribution is -2.28. The van der Waals surface area contributed by atoms with Crippen molar-refractivity contribution >= 4 is 19.7 Å². The average molecular weight is 208 g/mol. The first-order valence-electron chi connectivity index (χ1n) is 4.37. The Bertz CT molecular complexity index is 233. The lowest BCUT2D eigenvalue weighted by Gasteiger charge is -2.27. The molecular formula is C8H16O2S2. The van der Waals surface area contributed by atoms with Gasteiger partial charge in [-0.2, -0.15) is 0 Å². The van der Waals surface area contributed by atoms with Crippen LogP contribution in [0.1, 0.15) is 32.6 Å². The van der Waals surface area contributed by atoms with E-state index in [0.29, 0.717) is 5.92 Å². The van der Waals surface area contributed by atoms with E-state index in [4.69, 9.17) is 0 Å². The Morgan fingerprint density at radius 1 is 1.25 bits per heavy atom. The molecule has 0 aliphatic heterocycles. The third-order valence-electron chi connectivity index (χ3n) is 2.64. The summed E-state index contributed by atoms with van der Waals surface area (Å²) < 4.78 is 23.1.